The van der Waals surface area contributed by atoms with Crippen LogP contribution in [0.25, 0.3) is 11.0 Å². The molecule has 0 radical (unpaired) electrons. The van der Waals surface area contributed by atoms with E-state index in [-0.39, 0.29) is 16.8 Å². The van der Waals surface area contributed by atoms with Gasteiger partial charge in [-0.1, -0.05) is 23.9 Å². The highest BCUT2D eigenvalue weighted by atomic mass is 32.2. The summed E-state index contributed by atoms with van der Waals surface area (Å²) in [5.74, 6) is 0.719. The first-order chi connectivity index (χ1) is 14.4. The second kappa shape index (κ2) is 8.72. The number of aromatic amines is 1. The molecule has 3 heterocycles. The molecule has 0 amide bonds. The lowest BCUT2D eigenvalue weighted by Crippen LogP contribution is -2.38. The zero-order chi connectivity index (χ0) is 21.1. The van der Waals surface area contributed by atoms with Gasteiger partial charge in [-0.3, -0.25) is 9.13 Å². The number of anilines is 1. The minimum atomic E-state index is -4.38. The fourth-order valence-corrected chi connectivity index (χ4v) is 4.27. The Morgan fingerprint density at radius 2 is 1.90 bits per heavy atom. The first-order valence-electron chi connectivity index (χ1n) is 9.55. The topological polar surface area (TPSA) is 81.0 Å². The zero-order valence-corrected chi connectivity index (χ0v) is 16.9. The number of thioether (sulfide) groups is 1. The molecule has 0 aliphatic carbocycles. The summed E-state index contributed by atoms with van der Waals surface area (Å²) in [7, 11) is 0. The molecule has 1 aliphatic rings. The summed E-state index contributed by atoms with van der Waals surface area (Å²) in [6, 6.07) is 7.38. The van der Waals surface area contributed by atoms with Crippen LogP contribution in [-0.2, 0) is 17.8 Å². The average molecular weight is 442 g/mol. The van der Waals surface area contributed by atoms with Crippen molar-refractivity contribution in [1.82, 2.24) is 24.3 Å². The number of para-hydroxylation sites is 2. The first kappa shape index (κ1) is 20.8. The van der Waals surface area contributed by atoms with Crippen molar-refractivity contribution in [2.45, 2.75) is 30.8 Å². The normalized spacial score (nSPS) is 15.2. The average Bonchev–Trinajstić information content (AvgIpc) is 3.25. The molecule has 12 heteroatoms. The molecule has 4 rings (SSSR count). The standard InChI is InChI=1S/C18H21F3N6O2S/c19-18(20,21)12-27-15(25-7-9-29-10-8-25)23-24-17(27)30-11-3-6-26-14-5-2-1-4-13(14)22-16(26)28/h1-2,4-5H,3,6-12H2,(H,22,28). The number of benzene rings is 1. The number of rotatable bonds is 7. The summed E-state index contributed by atoms with van der Waals surface area (Å²) in [5, 5.41) is 8.23. The van der Waals surface area contributed by atoms with Crippen molar-refractivity contribution in [3.63, 3.8) is 0 Å². The van der Waals surface area contributed by atoms with Crippen LogP contribution in [0.3, 0.4) is 0 Å². The maximum atomic E-state index is 13.1. The van der Waals surface area contributed by atoms with Crippen LogP contribution in [0.15, 0.2) is 34.2 Å². The molecule has 30 heavy (non-hydrogen) atoms. The molecule has 1 fully saturated rings. The van der Waals surface area contributed by atoms with E-state index in [2.05, 4.69) is 15.2 Å². The number of fused-ring (bicyclic) bond motifs is 1. The SMILES string of the molecule is O=c1[nH]c2ccccc2n1CCCSc1nnc(N2CCOCC2)n1CC(F)(F)F. The van der Waals surface area contributed by atoms with E-state index in [1.165, 1.54) is 11.8 Å². The largest absolute Gasteiger partial charge is 0.406 e. The lowest BCUT2D eigenvalue weighted by Gasteiger charge is -2.28. The van der Waals surface area contributed by atoms with Crippen LogP contribution in [0, 0.1) is 0 Å². The van der Waals surface area contributed by atoms with Crippen molar-refractivity contribution < 1.29 is 17.9 Å². The summed E-state index contributed by atoms with van der Waals surface area (Å²) in [6.07, 6.45) is -3.78. The number of H-pyrrole nitrogens is 1. The molecule has 3 aromatic rings. The number of nitrogens with zero attached hydrogens (tertiary/aromatic N) is 5. The first-order valence-corrected chi connectivity index (χ1v) is 10.5. The zero-order valence-electron chi connectivity index (χ0n) is 16.1. The quantitative estimate of drug-likeness (QED) is 0.447. The second-order valence-corrected chi connectivity index (χ2v) is 7.95. The molecule has 0 atom stereocenters. The fourth-order valence-electron chi connectivity index (χ4n) is 3.42. The highest BCUT2D eigenvalue weighted by Gasteiger charge is 2.32. The number of imidazole rings is 1. The summed E-state index contributed by atoms with van der Waals surface area (Å²) in [6.45, 7) is 1.16. The van der Waals surface area contributed by atoms with Gasteiger partial charge in [-0.2, -0.15) is 13.2 Å². The number of hydrogen-bond donors (Lipinski definition) is 1. The molecule has 162 valence electrons. The molecule has 1 N–H and O–H groups in total. The van der Waals surface area contributed by atoms with Crippen LogP contribution in [0.1, 0.15) is 6.42 Å². The molecule has 1 saturated heterocycles. The predicted molar refractivity (Wildman–Crippen MR) is 107 cm³/mol. The monoisotopic (exact) mass is 442 g/mol. The van der Waals surface area contributed by atoms with Gasteiger partial charge < -0.3 is 14.6 Å². The number of hydrogen-bond acceptors (Lipinski definition) is 6. The summed E-state index contributed by atoms with van der Waals surface area (Å²) < 4.78 is 47.4. The third-order valence-corrected chi connectivity index (χ3v) is 5.82. The van der Waals surface area contributed by atoms with E-state index in [1.807, 2.05) is 24.3 Å². The predicted octanol–water partition coefficient (Wildman–Crippen LogP) is 2.50. The molecule has 0 bridgehead atoms. The highest BCUT2D eigenvalue weighted by Crippen LogP contribution is 2.28. The van der Waals surface area contributed by atoms with E-state index in [0.29, 0.717) is 45.0 Å². The van der Waals surface area contributed by atoms with Gasteiger partial charge in [-0.05, 0) is 18.6 Å². The highest BCUT2D eigenvalue weighted by molar-refractivity contribution is 7.99. The number of aryl methyl sites for hydroxylation is 1. The summed E-state index contributed by atoms with van der Waals surface area (Å²) in [4.78, 5) is 16.7. The van der Waals surface area contributed by atoms with Gasteiger partial charge in [0.05, 0.1) is 24.2 Å². The molecule has 0 saturated carbocycles. The number of halogens is 3. The van der Waals surface area contributed by atoms with Gasteiger partial charge in [-0.15, -0.1) is 10.2 Å². The van der Waals surface area contributed by atoms with Crippen molar-refractivity contribution >= 4 is 28.7 Å². The second-order valence-electron chi connectivity index (χ2n) is 6.88. The Kier molecular flexibility index (Phi) is 6.04. The maximum Gasteiger partial charge on any atom is 0.406 e. The molecule has 1 aromatic carbocycles. The van der Waals surface area contributed by atoms with Gasteiger partial charge in [0.2, 0.25) is 5.95 Å². The van der Waals surface area contributed by atoms with Crippen LogP contribution >= 0.6 is 11.8 Å². The third kappa shape index (κ3) is 4.64. The molecular formula is C18H21F3N6O2S. The van der Waals surface area contributed by atoms with Crippen molar-refractivity contribution in [2.75, 3.05) is 37.0 Å². The van der Waals surface area contributed by atoms with Crippen LogP contribution in [-0.4, -0.2) is 62.5 Å². The maximum absolute atomic E-state index is 13.1. The lowest BCUT2D eigenvalue weighted by atomic mass is 10.3. The Labute approximate surface area is 174 Å². The van der Waals surface area contributed by atoms with E-state index in [0.717, 1.165) is 15.6 Å². The number of alkyl halides is 3. The summed E-state index contributed by atoms with van der Waals surface area (Å²) in [5.41, 5.74) is 1.37. The van der Waals surface area contributed by atoms with Gasteiger partial charge in [0.1, 0.15) is 6.54 Å². The van der Waals surface area contributed by atoms with Gasteiger partial charge in [-0.25, -0.2) is 4.79 Å². The molecular weight excluding hydrogens is 421 g/mol. The van der Waals surface area contributed by atoms with Crippen molar-refractivity contribution in [1.29, 1.82) is 0 Å². The van der Waals surface area contributed by atoms with Crippen molar-refractivity contribution in [3.05, 3.63) is 34.7 Å². The van der Waals surface area contributed by atoms with Crippen LogP contribution < -0.4 is 10.6 Å². The van der Waals surface area contributed by atoms with E-state index in [1.54, 1.807) is 9.47 Å². The Morgan fingerprint density at radius 3 is 2.67 bits per heavy atom. The number of nitrogens with one attached hydrogen (secondary N) is 1. The minimum absolute atomic E-state index is 0.198. The fraction of sp³-hybridized carbons (Fsp3) is 0.500. The Morgan fingerprint density at radius 1 is 1.13 bits per heavy atom. The van der Waals surface area contributed by atoms with Gasteiger partial charge >= 0.3 is 11.9 Å². The molecule has 2 aromatic heterocycles. The van der Waals surface area contributed by atoms with Crippen LogP contribution in [0.5, 0.6) is 0 Å². The van der Waals surface area contributed by atoms with Crippen molar-refractivity contribution in [3.8, 4) is 0 Å². The van der Waals surface area contributed by atoms with Gasteiger partial charge in [0.25, 0.3) is 0 Å². The molecule has 1 aliphatic heterocycles. The van der Waals surface area contributed by atoms with Crippen LogP contribution in [0.4, 0.5) is 19.1 Å². The minimum Gasteiger partial charge on any atom is -0.378 e. The van der Waals surface area contributed by atoms with E-state index >= 15 is 0 Å². The Bertz CT molecular complexity index is 1050. The number of morpholine rings is 1. The molecule has 0 spiro atoms. The van der Waals surface area contributed by atoms with Gasteiger partial charge in [0.15, 0.2) is 5.16 Å². The van der Waals surface area contributed by atoms with Crippen molar-refractivity contribution in [2.24, 2.45) is 0 Å². The lowest BCUT2D eigenvalue weighted by molar-refractivity contribution is -0.141. The molecule has 8 nitrogen and oxygen atoms in total. The van der Waals surface area contributed by atoms with E-state index in [4.69, 9.17) is 4.74 Å². The van der Waals surface area contributed by atoms with E-state index < -0.39 is 12.7 Å². The summed E-state index contributed by atoms with van der Waals surface area (Å²) >= 11 is 1.21. The van der Waals surface area contributed by atoms with E-state index in [9.17, 15) is 18.0 Å². The number of ether oxygens (including phenoxy) is 1. The Balaban J connectivity index is 1.44. The third-order valence-electron chi connectivity index (χ3n) is 4.77. The molecule has 0 unspecified atom stereocenters. The number of aromatic nitrogens is 5. The smallest absolute Gasteiger partial charge is 0.378 e. The Hall–Kier alpha value is -2.47. The van der Waals surface area contributed by atoms with Gasteiger partial charge in [0, 0.05) is 25.4 Å². The van der Waals surface area contributed by atoms with Crippen LogP contribution in [0.2, 0.25) is 0 Å².